The molecule has 18 heavy (non-hydrogen) atoms. The Morgan fingerprint density at radius 1 is 1.28 bits per heavy atom. The highest BCUT2D eigenvalue weighted by Gasteiger charge is 2.17. The fourth-order valence-electron chi connectivity index (χ4n) is 1.90. The predicted octanol–water partition coefficient (Wildman–Crippen LogP) is 3.69. The molecule has 0 aliphatic rings. The van der Waals surface area contributed by atoms with E-state index >= 15 is 0 Å². The maximum absolute atomic E-state index is 5.74. The lowest BCUT2D eigenvalue weighted by Gasteiger charge is -2.11. The van der Waals surface area contributed by atoms with Crippen molar-refractivity contribution in [3.05, 3.63) is 15.6 Å². The van der Waals surface area contributed by atoms with Gasteiger partial charge >= 0.3 is 0 Å². The van der Waals surface area contributed by atoms with Crippen molar-refractivity contribution in [2.75, 3.05) is 13.2 Å². The average Bonchev–Trinajstić information content (AvgIpc) is 2.79. The smallest absolute Gasteiger partial charge is 0.122 e. The van der Waals surface area contributed by atoms with Crippen molar-refractivity contribution in [2.45, 2.75) is 59.6 Å². The second-order valence-electron chi connectivity index (χ2n) is 4.30. The summed E-state index contributed by atoms with van der Waals surface area (Å²) in [6, 6.07) is 0. The van der Waals surface area contributed by atoms with Crippen LogP contribution >= 0.6 is 11.3 Å². The molecule has 0 saturated heterocycles. The largest absolute Gasteiger partial charge is 0.371 e. The van der Waals surface area contributed by atoms with Gasteiger partial charge in [0.1, 0.15) is 11.1 Å². The van der Waals surface area contributed by atoms with E-state index in [1.165, 1.54) is 17.0 Å². The number of hydrogen-bond donors (Lipinski definition) is 1. The Morgan fingerprint density at radius 3 is 2.61 bits per heavy atom. The van der Waals surface area contributed by atoms with E-state index in [4.69, 9.17) is 9.72 Å². The second kappa shape index (κ2) is 8.62. The molecular weight excluding hydrogens is 244 g/mol. The van der Waals surface area contributed by atoms with Crippen LogP contribution in [0, 0.1) is 0 Å². The fourth-order valence-corrected chi connectivity index (χ4v) is 3.16. The van der Waals surface area contributed by atoms with E-state index < -0.39 is 0 Å². The Hall–Kier alpha value is -0.450. The number of nitrogens with one attached hydrogen (secondary N) is 1. The molecule has 4 heteroatoms. The molecule has 0 aliphatic carbocycles. The van der Waals surface area contributed by atoms with Gasteiger partial charge in [0.2, 0.25) is 0 Å². The number of aromatic nitrogens is 1. The van der Waals surface area contributed by atoms with E-state index in [-0.39, 0.29) is 6.10 Å². The molecule has 104 valence electrons. The summed E-state index contributed by atoms with van der Waals surface area (Å²) in [5.74, 6) is 0. The van der Waals surface area contributed by atoms with Gasteiger partial charge in [0.25, 0.3) is 0 Å². The highest BCUT2D eigenvalue weighted by atomic mass is 32.1. The zero-order chi connectivity index (χ0) is 13.4. The first kappa shape index (κ1) is 15.6. The SMILES string of the molecule is CCCNCc1sc(C(CC)OCC)nc1CC. The molecule has 1 N–H and O–H groups in total. The minimum absolute atomic E-state index is 0.172. The van der Waals surface area contributed by atoms with Crippen LogP contribution in [0.4, 0.5) is 0 Å². The number of ether oxygens (including phenoxy) is 1. The molecule has 0 spiro atoms. The zero-order valence-corrected chi connectivity index (χ0v) is 12.9. The third kappa shape index (κ3) is 4.34. The number of thiazole rings is 1. The fraction of sp³-hybridized carbons (Fsp3) is 0.786. The summed E-state index contributed by atoms with van der Waals surface area (Å²) >= 11 is 1.81. The van der Waals surface area contributed by atoms with Gasteiger partial charge in [-0.05, 0) is 32.7 Å². The molecule has 1 aromatic heterocycles. The van der Waals surface area contributed by atoms with Gasteiger partial charge in [-0.25, -0.2) is 4.98 Å². The summed E-state index contributed by atoms with van der Waals surface area (Å²) in [6.45, 7) is 11.3. The molecule has 3 nitrogen and oxygen atoms in total. The number of hydrogen-bond acceptors (Lipinski definition) is 4. The first-order valence-corrected chi connectivity index (χ1v) is 7.89. The van der Waals surface area contributed by atoms with Crippen molar-refractivity contribution in [3.8, 4) is 0 Å². The molecule has 0 aromatic carbocycles. The van der Waals surface area contributed by atoms with Crippen molar-refractivity contribution in [1.29, 1.82) is 0 Å². The summed E-state index contributed by atoms with van der Waals surface area (Å²) < 4.78 is 5.74. The van der Waals surface area contributed by atoms with Crippen LogP contribution in [-0.4, -0.2) is 18.1 Å². The Bertz CT molecular complexity index is 339. The van der Waals surface area contributed by atoms with Gasteiger partial charge in [0, 0.05) is 18.0 Å². The second-order valence-corrected chi connectivity index (χ2v) is 5.42. The highest BCUT2D eigenvalue weighted by Crippen LogP contribution is 2.28. The first-order chi connectivity index (χ1) is 8.76. The van der Waals surface area contributed by atoms with Crippen LogP contribution in [0.5, 0.6) is 0 Å². The molecule has 1 atom stereocenters. The number of rotatable bonds is 9. The van der Waals surface area contributed by atoms with E-state index in [2.05, 4.69) is 26.1 Å². The van der Waals surface area contributed by atoms with Crippen LogP contribution in [0.15, 0.2) is 0 Å². The van der Waals surface area contributed by atoms with Gasteiger partial charge in [-0.2, -0.15) is 0 Å². The maximum Gasteiger partial charge on any atom is 0.122 e. The van der Waals surface area contributed by atoms with E-state index in [1.54, 1.807) is 0 Å². The Morgan fingerprint density at radius 2 is 2.06 bits per heavy atom. The van der Waals surface area contributed by atoms with Crippen LogP contribution in [0.2, 0.25) is 0 Å². The molecule has 1 aromatic rings. The normalized spacial score (nSPS) is 12.9. The van der Waals surface area contributed by atoms with Crippen molar-refractivity contribution in [2.24, 2.45) is 0 Å². The Balaban J connectivity index is 2.75. The first-order valence-electron chi connectivity index (χ1n) is 7.07. The summed E-state index contributed by atoms with van der Waals surface area (Å²) in [6.07, 6.45) is 3.34. The molecule has 0 saturated carbocycles. The third-order valence-electron chi connectivity index (χ3n) is 2.86. The summed E-state index contributed by atoms with van der Waals surface area (Å²) in [5.41, 5.74) is 1.23. The summed E-state index contributed by atoms with van der Waals surface area (Å²) in [7, 11) is 0. The van der Waals surface area contributed by atoms with Crippen LogP contribution in [0.1, 0.15) is 62.2 Å². The summed E-state index contributed by atoms with van der Waals surface area (Å²) in [4.78, 5) is 6.12. The molecule has 1 heterocycles. The Kier molecular flexibility index (Phi) is 7.47. The van der Waals surface area contributed by atoms with Crippen LogP contribution in [-0.2, 0) is 17.7 Å². The monoisotopic (exact) mass is 270 g/mol. The molecule has 0 aliphatic heterocycles. The van der Waals surface area contributed by atoms with Crippen LogP contribution in [0.25, 0.3) is 0 Å². The minimum atomic E-state index is 0.172. The van der Waals surface area contributed by atoms with Gasteiger partial charge in [-0.1, -0.05) is 20.8 Å². The maximum atomic E-state index is 5.74. The van der Waals surface area contributed by atoms with Gasteiger partial charge in [0.15, 0.2) is 0 Å². The predicted molar refractivity (Wildman–Crippen MR) is 78.1 cm³/mol. The van der Waals surface area contributed by atoms with E-state index in [0.29, 0.717) is 0 Å². The van der Waals surface area contributed by atoms with Crippen LogP contribution < -0.4 is 5.32 Å². The molecule has 0 bridgehead atoms. The van der Waals surface area contributed by atoms with Crippen molar-refractivity contribution in [3.63, 3.8) is 0 Å². The van der Waals surface area contributed by atoms with Gasteiger partial charge in [-0.3, -0.25) is 0 Å². The van der Waals surface area contributed by atoms with Gasteiger partial charge in [0.05, 0.1) is 5.69 Å². The minimum Gasteiger partial charge on any atom is -0.371 e. The highest BCUT2D eigenvalue weighted by molar-refractivity contribution is 7.11. The lowest BCUT2D eigenvalue weighted by molar-refractivity contribution is 0.0595. The molecular formula is C14H26N2OS. The number of aryl methyl sites for hydroxylation is 1. The average molecular weight is 270 g/mol. The van der Waals surface area contributed by atoms with Crippen LogP contribution in [0.3, 0.4) is 0 Å². The van der Waals surface area contributed by atoms with Crippen molar-refractivity contribution < 1.29 is 4.74 Å². The van der Waals surface area contributed by atoms with E-state index in [9.17, 15) is 0 Å². The quantitative estimate of drug-likeness (QED) is 0.695. The standard InChI is InChI=1S/C14H26N2OS/c1-5-9-15-10-13-11(6-2)16-14(18-13)12(7-3)17-8-4/h12,15H,5-10H2,1-4H3. The third-order valence-corrected chi connectivity index (χ3v) is 4.05. The van der Waals surface area contributed by atoms with E-state index in [1.807, 2.05) is 18.3 Å². The Labute approximate surface area is 115 Å². The molecule has 0 fully saturated rings. The van der Waals surface area contributed by atoms with E-state index in [0.717, 1.165) is 37.5 Å². The lowest BCUT2D eigenvalue weighted by Crippen LogP contribution is -2.13. The van der Waals surface area contributed by atoms with Crippen molar-refractivity contribution in [1.82, 2.24) is 10.3 Å². The summed E-state index contributed by atoms with van der Waals surface area (Å²) in [5, 5.41) is 4.60. The van der Waals surface area contributed by atoms with Gasteiger partial charge < -0.3 is 10.1 Å². The molecule has 1 rings (SSSR count). The lowest BCUT2D eigenvalue weighted by atomic mass is 10.2. The number of nitrogens with zero attached hydrogens (tertiary/aromatic N) is 1. The van der Waals surface area contributed by atoms with Gasteiger partial charge in [-0.15, -0.1) is 11.3 Å². The zero-order valence-electron chi connectivity index (χ0n) is 12.1. The molecule has 0 radical (unpaired) electrons. The topological polar surface area (TPSA) is 34.1 Å². The molecule has 0 amide bonds. The van der Waals surface area contributed by atoms with Crippen molar-refractivity contribution >= 4 is 11.3 Å². The molecule has 1 unspecified atom stereocenters.